The third kappa shape index (κ3) is 7.90. The molecule has 0 atom stereocenters. The molecule has 0 bridgehead atoms. The fourth-order valence-corrected chi connectivity index (χ4v) is 2.68. The van der Waals surface area contributed by atoms with Gasteiger partial charge in [-0.1, -0.05) is 37.3 Å². The SMILES string of the molecule is CCCN1CCC(Cc2ccccc2)CC1.Cl.OBO. The highest BCUT2D eigenvalue weighted by molar-refractivity contribution is 6.13. The maximum absolute atomic E-state index is 7.12. The molecular weight excluding hydrogens is 272 g/mol. The number of likely N-dealkylation sites (tertiary alicyclic amines) is 1. The predicted octanol–water partition coefficient (Wildman–Crippen LogP) is 2.01. The van der Waals surface area contributed by atoms with Crippen LogP contribution in [0.15, 0.2) is 30.3 Å². The van der Waals surface area contributed by atoms with E-state index in [-0.39, 0.29) is 12.4 Å². The average molecular weight is 300 g/mol. The number of nitrogens with zero attached hydrogens (tertiary/aromatic N) is 1. The normalized spacial score (nSPS) is 15.8. The molecule has 1 fully saturated rings. The number of benzene rings is 1. The Balaban J connectivity index is 0.000000830. The van der Waals surface area contributed by atoms with E-state index in [4.69, 9.17) is 10.0 Å². The molecule has 0 aliphatic carbocycles. The molecule has 5 heteroatoms. The van der Waals surface area contributed by atoms with Crippen LogP contribution in [-0.4, -0.2) is 42.3 Å². The van der Waals surface area contributed by atoms with Crippen LogP contribution in [0, 0.1) is 5.92 Å². The van der Waals surface area contributed by atoms with Crippen LogP contribution in [0.25, 0.3) is 0 Å². The number of rotatable bonds is 4. The van der Waals surface area contributed by atoms with Crippen molar-refractivity contribution in [3.05, 3.63) is 35.9 Å². The molecule has 0 aromatic heterocycles. The molecule has 1 saturated heterocycles. The highest BCUT2D eigenvalue weighted by Gasteiger charge is 2.18. The van der Waals surface area contributed by atoms with Crippen molar-refractivity contribution in [2.75, 3.05) is 19.6 Å². The molecule has 20 heavy (non-hydrogen) atoms. The van der Waals surface area contributed by atoms with Crippen LogP contribution in [0.5, 0.6) is 0 Å². The summed E-state index contributed by atoms with van der Waals surface area (Å²) in [5.74, 6) is 0.913. The first-order valence-electron chi connectivity index (χ1n) is 7.28. The van der Waals surface area contributed by atoms with Crippen LogP contribution < -0.4 is 0 Å². The van der Waals surface area contributed by atoms with E-state index in [0.29, 0.717) is 0 Å². The number of halogens is 1. The Hall–Kier alpha value is -0.545. The van der Waals surface area contributed by atoms with Gasteiger partial charge in [0.1, 0.15) is 0 Å². The van der Waals surface area contributed by atoms with Gasteiger partial charge < -0.3 is 14.9 Å². The maximum atomic E-state index is 7.12. The second kappa shape index (κ2) is 12.2. The van der Waals surface area contributed by atoms with Crippen molar-refractivity contribution < 1.29 is 10.0 Å². The topological polar surface area (TPSA) is 43.7 Å². The van der Waals surface area contributed by atoms with E-state index < -0.39 is 7.69 Å². The fraction of sp³-hybridized carbons (Fsp3) is 0.600. The second-order valence-corrected chi connectivity index (χ2v) is 5.12. The highest BCUT2D eigenvalue weighted by atomic mass is 35.5. The Morgan fingerprint density at radius 3 is 2.20 bits per heavy atom. The van der Waals surface area contributed by atoms with Gasteiger partial charge >= 0.3 is 7.69 Å². The third-order valence-corrected chi connectivity index (χ3v) is 3.61. The van der Waals surface area contributed by atoms with Crippen molar-refractivity contribution in [1.29, 1.82) is 0 Å². The van der Waals surface area contributed by atoms with Gasteiger partial charge in [-0.25, -0.2) is 0 Å². The predicted molar refractivity (Wildman–Crippen MR) is 88.4 cm³/mol. The highest BCUT2D eigenvalue weighted by Crippen LogP contribution is 2.21. The lowest BCUT2D eigenvalue weighted by atomic mass is 9.90. The summed E-state index contributed by atoms with van der Waals surface area (Å²) in [4.78, 5) is 2.61. The molecule has 0 radical (unpaired) electrons. The van der Waals surface area contributed by atoms with Gasteiger partial charge in [-0.3, -0.25) is 0 Å². The van der Waals surface area contributed by atoms with E-state index in [1.165, 1.54) is 50.9 Å². The smallest absolute Gasteiger partial charge is 0.430 e. The minimum absolute atomic E-state index is 0. The van der Waals surface area contributed by atoms with Crippen molar-refractivity contribution in [3.8, 4) is 0 Å². The molecule has 2 rings (SSSR count). The minimum atomic E-state index is -0.750. The lowest BCUT2D eigenvalue weighted by Gasteiger charge is -2.31. The monoisotopic (exact) mass is 299 g/mol. The van der Waals surface area contributed by atoms with E-state index in [0.717, 1.165) is 5.92 Å². The van der Waals surface area contributed by atoms with E-state index in [1.807, 2.05) is 0 Å². The number of hydrogen-bond acceptors (Lipinski definition) is 3. The second-order valence-electron chi connectivity index (χ2n) is 5.12. The quantitative estimate of drug-likeness (QED) is 0.836. The largest absolute Gasteiger partial charge is 0.432 e. The van der Waals surface area contributed by atoms with Crippen molar-refractivity contribution in [1.82, 2.24) is 4.90 Å². The van der Waals surface area contributed by atoms with Gasteiger partial charge in [0.2, 0.25) is 0 Å². The molecular formula is C15H27BClNO2. The third-order valence-electron chi connectivity index (χ3n) is 3.61. The van der Waals surface area contributed by atoms with Crippen LogP contribution in [0.1, 0.15) is 31.7 Å². The zero-order valence-electron chi connectivity index (χ0n) is 12.4. The Labute approximate surface area is 129 Å². The molecule has 0 unspecified atom stereocenters. The van der Waals surface area contributed by atoms with Gasteiger partial charge in [0, 0.05) is 0 Å². The van der Waals surface area contributed by atoms with E-state index in [9.17, 15) is 0 Å². The van der Waals surface area contributed by atoms with Crippen LogP contribution in [0.4, 0.5) is 0 Å². The summed E-state index contributed by atoms with van der Waals surface area (Å²) in [5, 5.41) is 14.2. The van der Waals surface area contributed by atoms with Crippen LogP contribution >= 0.6 is 12.4 Å². The average Bonchev–Trinajstić information content (AvgIpc) is 2.43. The van der Waals surface area contributed by atoms with Gasteiger partial charge in [-0.15, -0.1) is 12.4 Å². The van der Waals surface area contributed by atoms with Crippen molar-refractivity contribution in [2.45, 2.75) is 32.6 Å². The maximum Gasteiger partial charge on any atom is 0.432 e. The number of hydrogen-bond donors (Lipinski definition) is 2. The first-order chi connectivity index (χ1) is 9.30. The van der Waals surface area contributed by atoms with E-state index in [2.05, 4.69) is 42.2 Å². The van der Waals surface area contributed by atoms with Crippen molar-refractivity contribution in [2.24, 2.45) is 5.92 Å². The summed E-state index contributed by atoms with van der Waals surface area (Å²) in [5.41, 5.74) is 1.51. The minimum Gasteiger partial charge on any atom is -0.430 e. The molecule has 0 saturated carbocycles. The molecule has 114 valence electrons. The molecule has 1 aliphatic heterocycles. The Bertz CT molecular complexity index is 319. The fourth-order valence-electron chi connectivity index (χ4n) is 2.68. The lowest BCUT2D eigenvalue weighted by molar-refractivity contribution is 0.184. The van der Waals surface area contributed by atoms with Gasteiger partial charge in [0.05, 0.1) is 0 Å². The van der Waals surface area contributed by atoms with Gasteiger partial charge in [-0.2, -0.15) is 0 Å². The van der Waals surface area contributed by atoms with E-state index in [1.54, 1.807) is 0 Å². The van der Waals surface area contributed by atoms with Crippen LogP contribution in [0.2, 0.25) is 0 Å². The molecule has 1 aromatic carbocycles. The first kappa shape index (κ1) is 19.5. The van der Waals surface area contributed by atoms with Crippen LogP contribution in [0.3, 0.4) is 0 Å². The summed E-state index contributed by atoms with van der Waals surface area (Å²) >= 11 is 0. The van der Waals surface area contributed by atoms with Crippen molar-refractivity contribution >= 4 is 20.1 Å². The molecule has 1 heterocycles. The van der Waals surface area contributed by atoms with Gasteiger partial charge in [-0.05, 0) is 56.8 Å². The summed E-state index contributed by atoms with van der Waals surface area (Å²) < 4.78 is 0. The zero-order chi connectivity index (χ0) is 13.9. The summed E-state index contributed by atoms with van der Waals surface area (Å²) in [6.45, 7) is 6.19. The molecule has 3 nitrogen and oxygen atoms in total. The van der Waals surface area contributed by atoms with Crippen LogP contribution in [-0.2, 0) is 6.42 Å². The van der Waals surface area contributed by atoms with E-state index >= 15 is 0 Å². The van der Waals surface area contributed by atoms with Gasteiger partial charge in [0.15, 0.2) is 0 Å². The Morgan fingerprint density at radius 1 is 1.15 bits per heavy atom. The lowest BCUT2D eigenvalue weighted by Crippen LogP contribution is -2.34. The summed E-state index contributed by atoms with van der Waals surface area (Å²) in [6, 6.07) is 10.9. The van der Waals surface area contributed by atoms with Crippen molar-refractivity contribution in [3.63, 3.8) is 0 Å². The first-order valence-corrected chi connectivity index (χ1v) is 7.28. The molecule has 0 spiro atoms. The molecule has 0 amide bonds. The summed E-state index contributed by atoms with van der Waals surface area (Å²) in [6.07, 6.45) is 5.34. The number of piperidine rings is 1. The molecule has 2 N–H and O–H groups in total. The Kier molecular flexibility index (Phi) is 11.9. The molecule has 1 aromatic rings. The Morgan fingerprint density at radius 2 is 1.70 bits per heavy atom. The van der Waals surface area contributed by atoms with Gasteiger partial charge in [0.25, 0.3) is 0 Å². The summed E-state index contributed by atoms with van der Waals surface area (Å²) in [7, 11) is -0.750. The zero-order valence-corrected chi connectivity index (χ0v) is 13.2. The molecule has 1 aliphatic rings. The standard InChI is InChI=1S/C15H23N.BH3O2.ClH/c1-2-10-16-11-8-15(9-12-16)13-14-6-4-3-5-7-14;2-1-3;/h3-7,15H,2,8-13H2,1H3;1-3H;1H.